The van der Waals surface area contributed by atoms with Crippen molar-refractivity contribution < 1.29 is 48.6 Å². The molecule has 0 bridgehead atoms. The topological polar surface area (TPSA) is 62.2 Å². The molecular formula is C29H20ClFNNaO3. The first-order valence-electron chi connectivity index (χ1n) is 11.1. The number of carboxylic acid groups (broad SMARTS) is 1. The Morgan fingerprint density at radius 2 is 1.78 bits per heavy atom. The standard InChI is InChI=1S/C29H21ClFNO3.Na/c30-25-17-27-21(16-26(25)31)10-12-22(32-27)11-6-18-5-7-20-9-8-19-3-1-2-4-23(19)29(24(20)15-18)35-14-13-28(33)34;/h1-12,15-17,29H,13-14H2,(H,33,34);/q;+1/p-1/b11-6+;. The summed E-state index contributed by atoms with van der Waals surface area (Å²) in [4.78, 5) is 15.5. The van der Waals surface area contributed by atoms with Gasteiger partial charge in [-0.15, -0.1) is 0 Å². The number of hydrogen-bond donors (Lipinski definition) is 0. The molecule has 0 spiro atoms. The van der Waals surface area contributed by atoms with Crippen molar-refractivity contribution in [3.05, 3.63) is 111 Å². The molecule has 1 atom stereocenters. The third-order valence-electron chi connectivity index (χ3n) is 5.90. The molecular weight excluding hydrogens is 488 g/mol. The molecule has 1 aliphatic rings. The molecule has 0 fully saturated rings. The van der Waals surface area contributed by atoms with E-state index in [0.29, 0.717) is 16.6 Å². The summed E-state index contributed by atoms with van der Waals surface area (Å²) in [6, 6.07) is 20.5. The summed E-state index contributed by atoms with van der Waals surface area (Å²) in [7, 11) is 0. The molecule has 7 heteroatoms. The average molecular weight is 508 g/mol. The second-order valence-electron chi connectivity index (χ2n) is 8.25. The number of pyridine rings is 1. The van der Waals surface area contributed by atoms with Crippen LogP contribution in [0.1, 0.15) is 46.0 Å². The van der Waals surface area contributed by atoms with Crippen LogP contribution in [0.15, 0.2) is 66.7 Å². The number of ether oxygens (including phenoxy) is 1. The summed E-state index contributed by atoms with van der Waals surface area (Å²) in [5, 5.41) is 11.7. The van der Waals surface area contributed by atoms with Crippen LogP contribution in [-0.2, 0) is 9.53 Å². The molecule has 3 aromatic carbocycles. The molecule has 174 valence electrons. The van der Waals surface area contributed by atoms with Gasteiger partial charge in [-0.05, 0) is 58.2 Å². The van der Waals surface area contributed by atoms with Gasteiger partial charge < -0.3 is 14.6 Å². The third kappa shape index (κ3) is 5.77. The summed E-state index contributed by atoms with van der Waals surface area (Å²) >= 11 is 5.91. The Hall–Kier alpha value is -2.80. The molecule has 0 radical (unpaired) electrons. The molecule has 0 saturated carbocycles. The normalized spacial score (nSPS) is 14.2. The average Bonchev–Trinajstić information content (AvgIpc) is 3.00. The number of hydrogen-bond acceptors (Lipinski definition) is 4. The van der Waals surface area contributed by atoms with Gasteiger partial charge in [0, 0.05) is 17.8 Å². The van der Waals surface area contributed by atoms with Crippen LogP contribution >= 0.6 is 11.6 Å². The van der Waals surface area contributed by atoms with Crippen LogP contribution in [0.4, 0.5) is 4.39 Å². The van der Waals surface area contributed by atoms with E-state index in [-0.39, 0.29) is 47.6 Å². The predicted molar refractivity (Wildman–Crippen MR) is 135 cm³/mol. The van der Waals surface area contributed by atoms with E-state index in [1.807, 2.05) is 72.8 Å². The molecule has 4 nitrogen and oxygen atoms in total. The molecule has 0 amide bonds. The Bertz CT molecular complexity index is 1500. The van der Waals surface area contributed by atoms with Gasteiger partial charge in [0.25, 0.3) is 0 Å². The predicted octanol–water partition coefficient (Wildman–Crippen LogP) is 2.93. The van der Waals surface area contributed by atoms with Crippen molar-refractivity contribution in [2.45, 2.75) is 12.5 Å². The molecule has 4 aromatic rings. The van der Waals surface area contributed by atoms with Crippen LogP contribution in [0.25, 0.3) is 35.2 Å². The smallest absolute Gasteiger partial charge is 0.550 e. The monoisotopic (exact) mass is 507 g/mol. The summed E-state index contributed by atoms with van der Waals surface area (Å²) in [6.07, 6.45) is 7.31. The van der Waals surface area contributed by atoms with Gasteiger partial charge in [0.15, 0.2) is 0 Å². The number of carbonyl (C=O) groups excluding carboxylic acids is 1. The van der Waals surface area contributed by atoms with Crippen molar-refractivity contribution in [2.75, 3.05) is 6.61 Å². The minimum Gasteiger partial charge on any atom is -0.550 e. The number of benzene rings is 3. The van der Waals surface area contributed by atoms with E-state index in [1.165, 1.54) is 12.1 Å². The van der Waals surface area contributed by atoms with E-state index in [4.69, 9.17) is 16.3 Å². The van der Waals surface area contributed by atoms with Crippen molar-refractivity contribution in [3.8, 4) is 0 Å². The fraction of sp³-hybridized carbons (Fsp3) is 0.103. The molecule has 36 heavy (non-hydrogen) atoms. The van der Waals surface area contributed by atoms with E-state index in [2.05, 4.69) is 4.98 Å². The number of rotatable bonds is 6. The Morgan fingerprint density at radius 1 is 1.00 bits per heavy atom. The van der Waals surface area contributed by atoms with Gasteiger partial charge in [-0.25, -0.2) is 9.37 Å². The third-order valence-corrected chi connectivity index (χ3v) is 6.19. The maximum absolute atomic E-state index is 13.7. The first-order chi connectivity index (χ1) is 17.0. The molecule has 1 aromatic heterocycles. The van der Waals surface area contributed by atoms with Crippen molar-refractivity contribution in [3.63, 3.8) is 0 Å². The van der Waals surface area contributed by atoms with Gasteiger partial charge in [0.1, 0.15) is 11.9 Å². The Kier molecular flexibility index (Phi) is 8.39. The summed E-state index contributed by atoms with van der Waals surface area (Å²) < 4.78 is 19.8. The minimum absolute atomic E-state index is 0. The van der Waals surface area contributed by atoms with Crippen LogP contribution in [0, 0.1) is 5.82 Å². The Balaban J connectivity index is 0.00000304. The summed E-state index contributed by atoms with van der Waals surface area (Å²) in [5.41, 5.74) is 6.20. The maximum atomic E-state index is 13.7. The van der Waals surface area contributed by atoms with E-state index in [0.717, 1.165) is 27.8 Å². The molecule has 1 aliphatic carbocycles. The molecule has 5 rings (SSSR count). The molecule has 0 aliphatic heterocycles. The van der Waals surface area contributed by atoms with E-state index in [9.17, 15) is 14.3 Å². The van der Waals surface area contributed by atoms with Gasteiger partial charge in [0.05, 0.1) is 22.8 Å². The van der Waals surface area contributed by atoms with Gasteiger partial charge in [0.2, 0.25) is 0 Å². The Morgan fingerprint density at radius 3 is 2.58 bits per heavy atom. The number of fused-ring (bicyclic) bond motifs is 3. The van der Waals surface area contributed by atoms with Crippen molar-refractivity contribution in [1.82, 2.24) is 4.98 Å². The van der Waals surface area contributed by atoms with E-state index >= 15 is 0 Å². The zero-order valence-corrected chi connectivity index (χ0v) is 22.3. The number of aliphatic carboxylic acids is 1. The fourth-order valence-electron chi connectivity index (χ4n) is 4.17. The zero-order valence-electron chi connectivity index (χ0n) is 19.6. The zero-order chi connectivity index (χ0) is 24.4. The van der Waals surface area contributed by atoms with Crippen LogP contribution in [0.5, 0.6) is 0 Å². The van der Waals surface area contributed by atoms with Crippen LogP contribution in [0.2, 0.25) is 5.02 Å². The van der Waals surface area contributed by atoms with E-state index in [1.54, 1.807) is 6.07 Å². The Labute approximate surface area is 235 Å². The SMILES string of the molecule is O=C([O-])CCOC1c2ccccc2C=Cc2ccc(/C=C/c3ccc4cc(F)c(Cl)cc4n3)cc21.[Na+]. The van der Waals surface area contributed by atoms with Gasteiger partial charge in [-0.2, -0.15) is 0 Å². The number of carboxylic acids is 1. The first-order valence-corrected chi connectivity index (χ1v) is 11.5. The fourth-order valence-corrected chi connectivity index (χ4v) is 4.33. The van der Waals surface area contributed by atoms with Crippen LogP contribution in [-0.4, -0.2) is 17.6 Å². The van der Waals surface area contributed by atoms with Crippen LogP contribution < -0.4 is 34.7 Å². The number of aromatic nitrogens is 1. The van der Waals surface area contributed by atoms with Crippen molar-refractivity contribution >= 4 is 52.8 Å². The first kappa shape index (κ1) is 26.3. The number of carbonyl (C=O) groups is 1. The van der Waals surface area contributed by atoms with Crippen molar-refractivity contribution in [1.29, 1.82) is 0 Å². The van der Waals surface area contributed by atoms with Crippen molar-refractivity contribution in [2.24, 2.45) is 0 Å². The van der Waals surface area contributed by atoms with E-state index < -0.39 is 17.9 Å². The number of nitrogens with zero attached hydrogens (tertiary/aromatic N) is 1. The second kappa shape index (κ2) is 11.5. The largest absolute Gasteiger partial charge is 1.00 e. The van der Waals surface area contributed by atoms with Gasteiger partial charge in [-0.1, -0.05) is 72.3 Å². The molecule has 1 unspecified atom stereocenters. The quantitative estimate of drug-likeness (QED) is 0.377. The molecule has 0 saturated heterocycles. The molecule has 0 N–H and O–H groups in total. The summed E-state index contributed by atoms with van der Waals surface area (Å²) in [5.74, 6) is -1.62. The summed E-state index contributed by atoms with van der Waals surface area (Å²) in [6.45, 7) is 0.0466. The number of halogens is 2. The second-order valence-corrected chi connectivity index (χ2v) is 8.66. The maximum Gasteiger partial charge on any atom is 1.00 e. The molecule has 1 heterocycles. The minimum atomic E-state index is -1.14. The van der Waals surface area contributed by atoms with Crippen LogP contribution in [0.3, 0.4) is 0 Å². The van der Waals surface area contributed by atoms with Gasteiger partial charge in [-0.3, -0.25) is 0 Å². The van der Waals surface area contributed by atoms with Gasteiger partial charge >= 0.3 is 29.6 Å².